The van der Waals surface area contributed by atoms with Crippen molar-refractivity contribution in [3.05, 3.63) is 35.4 Å². The van der Waals surface area contributed by atoms with Crippen molar-refractivity contribution in [2.24, 2.45) is 0 Å². The number of hydrogen-bond acceptors (Lipinski definition) is 2. The maximum Gasteiger partial charge on any atom is 0.183 e. The third-order valence-corrected chi connectivity index (χ3v) is 4.72. The summed E-state index contributed by atoms with van der Waals surface area (Å²) in [6.07, 6.45) is 3.94. The van der Waals surface area contributed by atoms with Gasteiger partial charge in [-0.15, -0.1) is 0 Å². The van der Waals surface area contributed by atoms with Gasteiger partial charge in [0.15, 0.2) is 5.78 Å². The molecule has 0 spiro atoms. The Morgan fingerprint density at radius 3 is 1.86 bits per heavy atom. The van der Waals surface area contributed by atoms with E-state index in [0.29, 0.717) is 0 Å². The van der Waals surface area contributed by atoms with Crippen LogP contribution in [0.5, 0.6) is 0 Å². The van der Waals surface area contributed by atoms with E-state index in [9.17, 15) is 4.79 Å². The molecule has 0 amide bonds. The minimum absolute atomic E-state index is 0.277. The van der Waals surface area contributed by atoms with Crippen LogP contribution in [0.25, 0.3) is 0 Å². The summed E-state index contributed by atoms with van der Waals surface area (Å²) in [6.45, 7) is 12.5. The van der Waals surface area contributed by atoms with Crippen LogP contribution >= 0.6 is 0 Å². The summed E-state index contributed by atoms with van der Waals surface area (Å²) in [5, 5.41) is 0. The number of hydrogen-bond donors (Lipinski definition) is 0. The van der Waals surface area contributed by atoms with E-state index < -0.39 is 0 Å². The van der Waals surface area contributed by atoms with Crippen molar-refractivity contribution in [1.82, 2.24) is 4.90 Å². The minimum atomic E-state index is -0.351. The number of aryl methyl sites for hydroxylation is 1. The molecule has 0 aliphatic heterocycles. The van der Waals surface area contributed by atoms with Crippen LogP contribution < -0.4 is 0 Å². The number of rotatable bonds is 9. The Morgan fingerprint density at radius 2 is 1.48 bits per heavy atom. The Balaban J connectivity index is 3.10. The van der Waals surface area contributed by atoms with E-state index in [0.717, 1.165) is 44.3 Å². The number of benzene rings is 1. The molecule has 0 N–H and O–H groups in total. The first-order valence-corrected chi connectivity index (χ1v) is 8.48. The molecular weight excluding hydrogens is 258 g/mol. The van der Waals surface area contributed by atoms with Crippen LogP contribution in [0.3, 0.4) is 0 Å². The molecular formula is C19H31NO. The fourth-order valence-corrected chi connectivity index (χ4v) is 3.37. The first-order chi connectivity index (χ1) is 10.1. The van der Waals surface area contributed by atoms with Crippen molar-refractivity contribution in [1.29, 1.82) is 0 Å². The van der Waals surface area contributed by atoms with Crippen molar-refractivity contribution in [3.8, 4) is 0 Å². The van der Waals surface area contributed by atoms with E-state index in [2.05, 4.69) is 51.7 Å². The number of carbonyl (C=O) groups is 1. The number of Topliss-reactive ketones (excluding diaryl/α,β-unsaturated/α-hetero) is 1. The second-order valence-corrected chi connectivity index (χ2v) is 5.69. The Kier molecular flexibility index (Phi) is 7.10. The van der Waals surface area contributed by atoms with E-state index in [1.54, 1.807) is 0 Å². The lowest BCUT2D eigenvalue weighted by Gasteiger charge is -2.41. The summed E-state index contributed by atoms with van der Waals surface area (Å²) in [5.74, 6) is 0.277. The third-order valence-electron chi connectivity index (χ3n) is 4.72. The van der Waals surface area contributed by atoms with Crippen molar-refractivity contribution in [2.75, 3.05) is 13.1 Å². The van der Waals surface area contributed by atoms with Gasteiger partial charge < -0.3 is 0 Å². The van der Waals surface area contributed by atoms with Crippen molar-refractivity contribution >= 4 is 5.78 Å². The van der Waals surface area contributed by atoms with Crippen molar-refractivity contribution < 1.29 is 4.79 Å². The van der Waals surface area contributed by atoms with Crippen LogP contribution in [0.1, 0.15) is 69.8 Å². The topological polar surface area (TPSA) is 20.3 Å². The molecule has 0 saturated heterocycles. The lowest BCUT2D eigenvalue weighted by Crippen LogP contribution is -2.53. The average molecular weight is 289 g/mol. The highest BCUT2D eigenvalue weighted by atomic mass is 16.1. The molecule has 0 unspecified atom stereocenters. The molecule has 118 valence electrons. The van der Waals surface area contributed by atoms with Crippen LogP contribution in [0, 0.1) is 0 Å². The molecule has 1 aromatic carbocycles. The highest BCUT2D eigenvalue weighted by molar-refractivity contribution is 6.03. The number of likely N-dealkylation sites (N-methyl/N-ethyl adjacent to an activating group) is 1. The second kappa shape index (κ2) is 8.33. The van der Waals surface area contributed by atoms with Gasteiger partial charge in [-0.25, -0.2) is 0 Å². The fraction of sp³-hybridized carbons (Fsp3) is 0.632. The standard InChI is InChI=1S/C19H31NO/c1-6-11-16-12-14-17(15-13-16)18(21)19(7-2,8-3)20(9-4)10-5/h12-15H,6-11H2,1-5H3. The van der Waals surface area contributed by atoms with Gasteiger partial charge in [-0.05, 0) is 37.9 Å². The summed E-state index contributed by atoms with van der Waals surface area (Å²) >= 11 is 0. The second-order valence-electron chi connectivity index (χ2n) is 5.69. The first kappa shape index (κ1) is 17.9. The molecule has 0 saturated carbocycles. The maximum absolute atomic E-state index is 13.1. The van der Waals surface area contributed by atoms with Crippen molar-refractivity contribution in [3.63, 3.8) is 0 Å². The Hall–Kier alpha value is -1.15. The number of nitrogens with zero attached hydrogens (tertiary/aromatic N) is 1. The number of ketones is 1. The predicted molar refractivity (Wildman–Crippen MR) is 91.0 cm³/mol. The molecule has 2 heteroatoms. The molecule has 0 aliphatic rings. The zero-order chi connectivity index (χ0) is 15.9. The zero-order valence-electron chi connectivity index (χ0n) is 14.4. The molecule has 1 aromatic rings. The van der Waals surface area contributed by atoms with Gasteiger partial charge in [-0.2, -0.15) is 0 Å². The Bertz CT molecular complexity index is 427. The summed E-state index contributed by atoms with van der Waals surface area (Å²) in [7, 11) is 0. The molecule has 0 radical (unpaired) electrons. The van der Waals surface area contributed by atoms with Gasteiger partial charge in [0.1, 0.15) is 0 Å². The minimum Gasteiger partial charge on any atom is -0.292 e. The smallest absolute Gasteiger partial charge is 0.183 e. The highest BCUT2D eigenvalue weighted by Gasteiger charge is 2.39. The SMILES string of the molecule is CCCc1ccc(C(=O)C(CC)(CC)N(CC)CC)cc1. The van der Waals surface area contributed by atoms with Gasteiger partial charge in [-0.1, -0.05) is 65.3 Å². The van der Waals surface area contributed by atoms with E-state index >= 15 is 0 Å². The highest BCUT2D eigenvalue weighted by Crippen LogP contribution is 2.28. The fourth-order valence-electron chi connectivity index (χ4n) is 3.37. The summed E-state index contributed by atoms with van der Waals surface area (Å²) in [4.78, 5) is 15.4. The van der Waals surface area contributed by atoms with Gasteiger partial charge >= 0.3 is 0 Å². The summed E-state index contributed by atoms with van der Waals surface area (Å²) in [5.41, 5.74) is 1.82. The van der Waals surface area contributed by atoms with Crippen LogP contribution in [-0.2, 0) is 6.42 Å². The quantitative estimate of drug-likeness (QED) is 0.613. The molecule has 1 rings (SSSR count). The lowest BCUT2D eigenvalue weighted by atomic mass is 9.82. The number of carbonyl (C=O) groups excluding carboxylic acids is 1. The van der Waals surface area contributed by atoms with Gasteiger partial charge in [0.05, 0.1) is 5.54 Å². The normalized spacial score (nSPS) is 11.9. The molecule has 0 bridgehead atoms. The monoisotopic (exact) mass is 289 g/mol. The van der Waals surface area contributed by atoms with Crippen LogP contribution in [-0.4, -0.2) is 29.3 Å². The summed E-state index contributed by atoms with van der Waals surface area (Å²) in [6, 6.07) is 8.23. The van der Waals surface area contributed by atoms with Gasteiger partial charge in [0.25, 0.3) is 0 Å². The largest absolute Gasteiger partial charge is 0.292 e. The summed E-state index contributed by atoms with van der Waals surface area (Å²) < 4.78 is 0. The molecule has 0 aromatic heterocycles. The Labute approximate surface area is 130 Å². The molecule has 0 aliphatic carbocycles. The molecule has 2 nitrogen and oxygen atoms in total. The molecule has 21 heavy (non-hydrogen) atoms. The van der Waals surface area contributed by atoms with E-state index in [1.165, 1.54) is 5.56 Å². The van der Waals surface area contributed by atoms with Crippen LogP contribution in [0.2, 0.25) is 0 Å². The zero-order valence-corrected chi connectivity index (χ0v) is 14.4. The first-order valence-electron chi connectivity index (χ1n) is 8.48. The van der Waals surface area contributed by atoms with Crippen LogP contribution in [0.4, 0.5) is 0 Å². The Morgan fingerprint density at radius 1 is 0.952 bits per heavy atom. The van der Waals surface area contributed by atoms with Gasteiger partial charge in [0.2, 0.25) is 0 Å². The molecule has 0 fully saturated rings. The van der Waals surface area contributed by atoms with E-state index in [1.807, 2.05) is 12.1 Å². The average Bonchev–Trinajstić information content (AvgIpc) is 2.53. The predicted octanol–water partition coefficient (Wildman–Crippen LogP) is 4.72. The third kappa shape index (κ3) is 3.74. The molecule has 0 atom stereocenters. The lowest BCUT2D eigenvalue weighted by molar-refractivity contribution is 0.0535. The van der Waals surface area contributed by atoms with E-state index in [4.69, 9.17) is 0 Å². The van der Waals surface area contributed by atoms with Gasteiger partial charge in [-0.3, -0.25) is 9.69 Å². The van der Waals surface area contributed by atoms with Crippen LogP contribution in [0.15, 0.2) is 24.3 Å². The van der Waals surface area contributed by atoms with E-state index in [-0.39, 0.29) is 11.3 Å². The van der Waals surface area contributed by atoms with Gasteiger partial charge in [0, 0.05) is 5.56 Å². The van der Waals surface area contributed by atoms with Crippen molar-refractivity contribution in [2.45, 2.75) is 65.8 Å². The molecule has 0 heterocycles. The maximum atomic E-state index is 13.1.